The van der Waals surface area contributed by atoms with Crippen LogP contribution in [0.3, 0.4) is 0 Å². The largest absolute Gasteiger partial charge is 0.304 e. The summed E-state index contributed by atoms with van der Waals surface area (Å²) in [5, 5.41) is 0. The molecule has 2 nitrogen and oxygen atoms in total. The van der Waals surface area contributed by atoms with Crippen LogP contribution in [0.5, 0.6) is 0 Å². The van der Waals surface area contributed by atoms with Crippen molar-refractivity contribution in [2.45, 2.75) is 60.3 Å². The highest BCUT2D eigenvalue weighted by molar-refractivity contribution is 5.54. The Bertz CT molecular complexity index is 658. The lowest BCUT2D eigenvalue weighted by atomic mass is 9.70. The van der Waals surface area contributed by atoms with E-state index in [1.165, 1.54) is 28.9 Å². The predicted octanol–water partition coefficient (Wildman–Crippen LogP) is 4.66. The van der Waals surface area contributed by atoms with Gasteiger partial charge in [-0.25, -0.2) is 4.98 Å². The lowest BCUT2D eigenvalue weighted by Crippen LogP contribution is -2.28. The molecule has 2 unspecified atom stereocenters. The topological polar surface area (TPSA) is 17.3 Å². The first kappa shape index (κ1) is 13.7. The summed E-state index contributed by atoms with van der Waals surface area (Å²) in [7, 11) is 0. The number of fused-ring (bicyclic) bond motifs is 3. The van der Waals surface area contributed by atoms with Gasteiger partial charge in [0.1, 0.15) is 5.65 Å². The van der Waals surface area contributed by atoms with Gasteiger partial charge in [0.25, 0.3) is 0 Å². The molecular weight excluding hydrogens is 244 g/mol. The van der Waals surface area contributed by atoms with Gasteiger partial charge in [0.05, 0.1) is 5.69 Å². The van der Waals surface area contributed by atoms with E-state index in [1.807, 2.05) is 0 Å². The first-order valence-corrected chi connectivity index (χ1v) is 7.76. The molecule has 1 aliphatic rings. The number of pyridine rings is 1. The zero-order valence-electron chi connectivity index (χ0n) is 13.6. The SMILES string of the molecule is Cc1ccn2c3c(nc2c1C)C(C)CC(C(C)(C)C)C3. The van der Waals surface area contributed by atoms with Crippen LogP contribution in [0.2, 0.25) is 0 Å². The Morgan fingerprint density at radius 1 is 1.25 bits per heavy atom. The molecule has 0 aromatic carbocycles. The van der Waals surface area contributed by atoms with Gasteiger partial charge in [-0.1, -0.05) is 27.7 Å². The Kier molecular flexibility index (Phi) is 2.97. The molecular formula is C18H26N2. The van der Waals surface area contributed by atoms with Gasteiger partial charge in [0, 0.05) is 17.8 Å². The highest BCUT2D eigenvalue weighted by atomic mass is 15.0. The Morgan fingerprint density at radius 3 is 2.60 bits per heavy atom. The minimum absolute atomic E-state index is 0.371. The second-order valence-electron chi connectivity index (χ2n) is 7.66. The summed E-state index contributed by atoms with van der Waals surface area (Å²) in [5.41, 5.74) is 6.97. The van der Waals surface area contributed by atoms with Gasteiger partial charge in [-0.15, -0.1) is 0 Å². The number of aromatic nitrogens is 2. The summed E-state index contributed by atoms with van der Waals surface area (Å²) in [6.45, 7) is 13.8. The molecule has 108 valence electrons. The molecule has 0 amide bonds. The van der Waals surface area contributed by atoms with Gasteiger partial charge in [0.2, 0.25) is 0 Å². The zero-order valence-corrected chi connectivity index (χ0v) is 13.6. The quantitative estimate of drug-likeness (QED) is 0.680. The van der Waals surface area contributed by atoms with Gasteiger partial charge in [0.15, 0.2) is 0 Å². The van der Waals surface area contributed by atoms with Crippen LogP contribution in [-0.2, 0) is 6.42 Å². The summed E-state index contributed by atoms with van der Waals surface area (Å²) < 4.78 is 2.34. The molecule has 0 fully saturated rings. The maximum Gasteiger partial charge on any atom is 0.140 e. The smallest absolute Gasteiger partial charge is 0.140 e. The van der Waals surface area contributed by atoms with E-state index < -0.39 is 0 Å². The van der Waals surface area contributed by atoms with E-state index in [2.05, 4.69) is 58.2 Å². The molecule has 2 heteroatoms. The number of nitrogens with zero attached hydrogens (tertiary/aromatic N) is 2. The van der Waals surface area contributed by atoms with Crippen LogP contribution >= 0.6 is 0 Å². The van der Waals surface area contributed by atoms with Gasteiger partial charge in [-0.2, -0.15) is 0 Å². The van der Waals surface area contributed by atoms with Crippen LogP contribution in [0, 0.1) is 25.2 Å². The first-order valence-electron chi connectivity index (χ1n) is 7.76. The average molecular weight is 270 g/mol. The average Bonchev–Trinajstić information content (AvgIpc) is 2.73. The summed E-state index contributed by atoms with van der Waals surface area (Å²) in [6.07, 6.45) is 4.63. The fraction of sp³-hybridized carbons (Fsp3) is 0.611. The Labute approximate surface area is 122 Å². The Hall–Kier alpha value is -1.31. The molecule has 0 aliphatic heterocycles. The van der Waals surface area contributed by atoms with Crippen LogP contribution < -0.4 is 0 Å². The summed E-state index contributed by atoms with van der Waals surface area (Å²) >= 11 is 0. The monoisotopic (exact) mass is 270 g/mol. The van der Waals surface area contributed by atoms with Crippen LogP contribution in [0.1, 0.15) is 62.5 Å². The van der Waals surface area contributed by atoms with Crippen molar-refractivity contribution in [3.63, 3.8) is 0 Å². The van der Waals surface area contributed by atoms with Gasteiger partial charge in [-0.05, 0) is 55.2 Å². The van der Waals surface area contributed by atoms with Gasteiger partial charge in [-0.3, -0.25) is 0 Å². The van der Waals surface area contributed by atoms with Crippen molar-refractivity contribution in [1.82, 2.24) is 9.38 Å². The van der Waals surface area contributed by atoms with Crippen molar-refractivity contribution in [3.05, 3.63) is 34.8 Å². The molecule has 0 saturated heterocycles. The minimum atomic E-state index is 0.371. The number of hydrogen-bond acceptors (Lipinski definition) is 1. The normalized spacial score (nSPS) is 23.1. The van der Waals surface area contributed by atoms with Crippen molar-refractivity contribution in [2.75, 3.05) is 0 Å². The maximum absolute atomic E-state index is 4.97. The maximum atomic E-state index is 4.97. The fourth-order valence-corrected chi connectivity index (χ4v) is 3.51. The molecule has 2 atom stereocenters. The fourth-order valence-electron chi connectivity index (χ4n) is 3.51. The number of hydrogen-bond donors (Lipinski definition) is 0. The molecule has 3 rings (SSSR count). The summed E-state index contributed by atoms with van der Waals surface area (Å²) in [5.74, 6) is 1.31. The van der Waals surface area contributed by atoms with E-state index in [0.29, 0.717) is 11.3 Å². The van der Waals surface area contributed by atoms with Crippen LogP contribution in [0.25, 0.3) is 5.65 Å². The third-order valence-corrected chi connectivity index (χ3v) is 5.21. The Balaban J connectivity index is 2.18. The van der Waals surface area contributed by atoms with Crippen molar-refractivity contribution < 1.29 is 0 Å². The van der Waals surface area contributed by atoms with Crippen molar-refractivity contribution >= 4 is 5.65 Å². The molecule has 0 spiro atoms. The van der Waals surface area contributed by atoms with Crippen LogP contribution in [0.15, 0.2) is 12.3 Å². The molecule has 2 aromatic rings. The zero-order chi connectivity index (χ0) is 14.7. The molecule has 0 radical (unpaired) electrons. The second-order valence-corrected chi connectivity index (χ2v) is 7.66. The molecule has 2 aromatic heterocycles. The van der Waals surface area contributed by atoms with E-state index in [-0.39, 0.29) is 0 Å². The van der Waals surface area contributed by atoms with E-state index >= 15 is 0 Å². The molecule has 2 heterocycles. The molecule has 20 heavy (non-hydrogen) atoms. The molecule has 1 aliphatic carbocycles. The lowest BCUT2D eigenvalue weighted by molar-refractivity contribution is 0.200. The number of aryl methyl sites for hydroxylation is 2. The minimum Gasteiger partial charge on any atom is -0.304 e. The number of rotatable bonds is 0. The van der Waals surface area contributed by atoms with Crippen molar-refractivity contribution in [1.29, 1.82) is 0 Å². The van der Waals surface area contributed by atoms with Crippen LogP contribution in [0.4, 0.5) is 0 Å². The molecule has 0 bridgehead atoms. The highest BCUT2D eigenvalue weighted by Gasteiger charge is 2.34. The summed E-state index contributed by atoms with van der Waals surface area (Å²) in [6, 6.07) is 2.22. The van der Waals surface area contributed by atoms with Crippen molar-refractivity contribution in [3.8, 4) is 0 Å². The van der Waals surface area contributed by atoms with Gasteiger partial charge >= 0.3 is 0 Å². The van der Waals surface area contributed by atoms with E-state index in [0.717, 1.165) is 18.0 Å². The second kappa shape index (κ2) is 4.34. The van der Waals surface area contributed by atoms with E-state index in [4.69, 9.17) is 4.98 Å². The van der Waals surface area contributed by atoms with Crippen molar-refractivity contribution in [2.24, 2.45) is 11.3 Å². The van der Waals surface area contributed by atoms with E-state index in [1.54, 1.807) is 0 Å². The number of imidazole rings is 1. The highest BCUT2D eigenvalue weighted by Crippen LogP contribution is 2.42. The third kappa shape index (κ3) is 1.97. The predicted molar refractivity (Wildman–Crippen MR) is 84.3 cm³/mol. The standard InChI is InChI=1S/C18H26N2/c1-11-7-8-20-15-10-14(18(4,5)6)9-12(2)16(15)19-17(20)13(11)3/h7-8,12,14H,9-10H2,1-6H3. The molecule has 0 saturated carbocycles. The summed E-state index contributed by atoms with van der Waals surface area (Å²) in [4.78, 5) is 4.97. The molecule has 0 N–H and O–H groups in total. The Morgan fingerprint density at radius 2 is 1.95 bits per heavy atom. The third-order valence-electron chi connectivity index (χ3n) is 5.21. The van der Waals surface area contributed by atoms with E-state index in [9.17, 15) is 0 Å². The first-order chi connectivity index (χ1) is 9.29. The lowest BCUT2D eigenvalue weighted by Gasteiger charge is -2.36. The van der Waals surface area contributed by atoms with Crippen LogP contribution in [-0.4, -0.2) is 9.38 Å². The van der Waals surface area contributed by atoms with Gasteiger partial charge < -0.3 is 4.40 Å².